The quantitative estimate of drug-likeness (QED) is 0.880. The fourth-order valence-corrected chi connectivity index (χ4v) is 2.23. The van der Waals surface area contributed by atoms with E-state index in [0.717, 1.165) is 10.0 Å². The van der Waals surface area contributed by atoms with E-state index in [1.54, 1.807) is 12.1 Å². The zero-order chi connectivity index (χ0) is 13.0. The summed E-state index contributed by atoms with van der Waals surface area (Å²) >= 11 is 3.46. The van der Waals surface area contributed by atoms with Gasteiger partial charge in [-0.25, -0.2) is 4.39 Å². The van der Waals surface area contributed by atoms with E-state index in [2.05, 4.69) is 40.3 Å². The molecule has 0 aromatic heterocycles. The van der Waals surface area contributed by atoms with Gasteiger partial charge in [-0.2, -0.15) is 0 Å². The molecular formula is C15H15BrFN. The maximum atomic E-state index is 13.0. The number of hydrogen-bond acceptors (Lipinski definition) is 1. The molecule has 0 aliphatic carbocycles. The first kappa shape index (κ1) is 13.2. The highest BCUT2D eigenvalue weighted by atomic mass is 79.9. The zero-order valence-electron chi connectivity index (χ0n) is 10.2. The van der Waals surface area contributed by atoms with Gasteiger partial charge >= 0.3 is 0 Å². The largest absolute Gasteiger partial charge is 0.306 e. The lowest BCUT2D eigenvalue weighted by Gasteiger charge is -2.14. The molecule has 0 heterocycles. The maximum Gasteiger partial charge on any atom is 0.123 e. The first-order valence-electron chi connectivity index (χ1n) is 5.88. The molecule has 18 heavy (non-hydrogen) atoms. The Morgan fingerprint density at radius 1 is 1.17 bits per heavy atom. The minimum Gasteiger partial charge on any atom is -0.306 e. The van der Waals surface area contributed by atoms with Gasteiger partial charge in [-0.05, 0) is 42.3 Å². The lowest BCUT2D eigenvalue weighted by molar-refractivity contribution is 0.569. The molecule has 2 aromatic rings. The smallest absolute Gasteiger partial charge is 0.123 e. The molecule has 0 aliphatic heterocycles. The molecule has 0 unspecified atom stereocenters. The van der Waals surface area contributed by atoms with Crippen LogP contribution in [-0.4, -0.2) is 0 Å². The lowest BCUT2D eigenvalue weighted by Crippen LogP contribution is -2.18. The average Bonchev–Trinajstić information content (AvgIpc) is 2.36. The van der Waals surface area contributed by atoms with Crippen LogP contribution in [0.5, 0.6) is 0 Å². The van der Waals surface area contributed by atoms with Crippen LogP contribution in [0.2, 0.25) is 0 Å². The van der Waals surface area contributed by atoms with E-state index in [1.165, 1.54) is 11.6 Å². The summed E-state index contributed by atoms with van der Waals surface area (Å²) in [5.41, 5.74) is 2.16. The molecule has 0 fully saturated rings. The van der Waals surface area contributed by atoms with E-state index in [4.69, 9.17) is 0 Å². The van der Waals surface area contributed by atoms with Gasteiger partial charge in [0.25, 0.3) is 0 Å². The Bertz CT molecular complexity index is 527. The topological polar surface area (TPSA) is 12.0 Å². The van der Waals surface area contributed by atoms with Crippen molar-refractivity contribution in [2.24, 2.45) is 0 Å². The van der Waals surface area contributed by atoms with Gasteiger partial charge in [0.1, 0.15) is 5.82 Å². The van der Waals surface area contributed by atoms with E-state index < -0.39 is 0 Å². The van der Waals surface area contributed by atoms with Crippen molar-refractivity contribution >= 4 is 15.9 Å². The van der Waals surface area contributed by atoms with Crippen molar-refractivity contribution in [3.63, 3.8) is 0 Å². The molecule has 0 spiro atoms. The molecule has 1 atom stereocenters. The van der Waals surface area contributed by atoms with Crippen LogP contribution in [0.4, 0.5) is 4.39 Å². The molecule has 0 saturated heterocycles. The molecule has 0 bridgehead atoms. The van der Waals surface area contributed by atoms with E-state index >= 15 is 0 Å². The summed E-state index contributed by atoms with van der Waals surface area (Å²) in [6.07, 6.45) is 0. The normalized spacial score (nSPS) is 12.4. The SMILES string of the molecule is C[C@H](NCc1cccc(F)c1)c1cccc(Br)c1. The van der Waals surface area contributed by atoms with Gasteiger partial charge in [-0.3, -0.25) is 0 Å². The van der Waals surface area contributed by atoms with Crippen molar-refractivity contribution in [1.82, 2.24) is 5.32 Å². The monoisotopic (exact) mass is 307 g/mol. The van der Waals surface area contributed by atoms with Crippen LogP contribution in [0.1, 0.15) is 24.1 Å². The fraction of sp³-hybridized carbons (Fsp3) is 0.200. The summed E-state index contributed by atoms with van der Waals surface area (Å²) in [6, 6.07) is 15.1. The highest BCUT2D eigenvalue weighted by Crippen LogP contribution is 2.18. The van der Waals surface area contributed by atoms with Crippen molar-refractivity contribution in [3.05, 3.63) is 69.9 Å². The van der Waals surface area contributed by atoms with E-state index in [-0.39, 0.29) is 11.9 Å². The summed E-state index contributed by atoms with van der Waals surface area (Å²) in [6.45, 7) is 2.76. The molecule has 0 amide bonds. The highest BCUT2D eigenvalue weighted by Gasteiger charge is 2.05. The lowest BCUT2D eigenvalue weighted by atomic mass is 10.1. The van der Waals surface area contributed by atoms with Crippen molar-refractivity contribution in [1.29, 1.82) is 0 Å². The minimum absolute atomic E-state index is 0.190. The van der Waals surface area contributed by atoms with Crippen molar-refractivity contribution in [3.8, 4) is 0 Å². The number of nitrogens with one attached hydrogen (secondary N) is 1. The molecule has 2 aromatic carbocycles. The van der Waals surface area contributed by atoms with E-state index in [0.29, 0.717) is 6.54 Å². The van der Waals surface area contributed by atoms with Gasteiger partial charge in [0.15, 0.2) is 0 Å². The molecule has 3 heteroatoms. The van der Waals surface area contributed by atoms with Gasteiger partial charge in [-0.15, -0.1) is 0 Å². The van der Waals surface area contributed by atoms with Crippen LogP contribution >= 0.6 is 15.9 Å². The van der Waals surface area contributed by atoms with Gasteiger partial charge in [0, 0.05) is 17.1 Å². The van der Waals surface area contributed by atoms with Crippen LogP contribution in [0, 0.1) is 5.82 Å². The predicted molar refractivity (Wildman–Crippen MR) is 75.8 cm³/mol. The Morgan fingerprint density at radius 3 is 2.67 bits per heavy atom. The highest BCUT2D eigenvalue weighted by molar-refractivity contribution is 9.10. The van der Waals surface area contributed by atoms with Crippen molar-refractivity contribution in [2.75, 3.05) is 0 Å². The molecular weight excluding hydrogens is 293 g/mol. The van der Waals surface area contributed by atoms with Crippen LogP contribution in [0.25, 0.3) is 0 Å². The second kappa shape index (κ2) is 6.12. The first-order valence-corrected chi connectivity index (χ1v) is 6.68. The number of hydrogen-bond donors (Lipinski definition) is 1. The Hall–Kier alpha value is -1.19. The van der Waals surface area contributed by atoms with Crippen LogP contribution < -0.4 is 5.32 Å². The third-order valence-electron chi connectivity index (χ3n) is 2.85. The Balaban J connectivity index is 1.98. The second-order valence-electron chi connectivity index (χ2n) is 4.29. The maximum absolute atomic E-state index is 13.0. The number of benzene rings is 2. The molecule has 1 N–H and O–H groups in total. The van der Waals surface area contributed by atoms with Crippen molar-refractivity contribution < 1.29 is 4.39 Å². The van der Waals surface area contributed by atoms with Gasteiger partial charge in [0.2, 0.25) is 0 Å². The summed E-state index contributed by atoms with van der Waals surface area (Å²) in [7, 11) is 0. The average molecular weight is 308 g/mol. The Morgan fingerprint density at radius 2 is 1.94 bits per heavy atom. The van der Waals surface area contributed by atoms with Crippen molar-refractivity contribution in [2.45, 2.75) is 19.5 Å². The second-order valence-corrected chi connectivity index (χ2v) is 5.20. The van der Waals surface area contributed by atoms with Crippen LogP contribution in [-0.2, 0) is 6.54 Å². The molecule has 0 radical (unpaired) electrons. The predicted octanol–water partition coefficient (Wildman–Crippen LogP) is 4.44. The molecule has 0 saturated carbocycles. The van der Waals surface area contributed by atoms with Gasteiger partial charge < -0.3 is 5.32 Å². The van der Waals surface area contributed by atoms with Crippen LogP contribution in [0.15, 0.2) is 53.0 Å². The number of rotatable bonds is 4. The minimum atomic E-state index is -0.190. The standard InChI is InChI=1S/C15H15BrFN/c1-11(13-5-3-6-14(16)9-13)18-10-12-4-2-7-15(17)8-12/h2-9,11,18H,10H2,1H3/t11-/m0/s1. The molecule has 94 valence electrons. The van der Waals surface area contributed by atoms with Gasteiger partial charge in [-0.1, -0.05) is 40.2 Å². The zero-order valence-corrected chi connectivity index (χ0v) is 11.7. The fourth-order valence-electron chi connectivity index (χ4n) is 1.81. The van der Waals surface area contributed by atoms with E-state index in [1.807, 2.05) is 18.2 Å². The summed E-state index contributed by atoms with van der Waals surface area (Å²) < 4.78 is 14.1. The van der Waals surface area contributed by atoms with Crippen LogP contribution in [0.3, 0.4) is 0 Å². The first-order chi connectivity index (χ1) is 8.65. The molecule has 1 nitrogen and oxygen atoms in total. The Kier molecular flexibility index (Phi) is 4.50. The Labute approximate surface area is 115 Å². The molecule has 0 aliphatic rings. The molecule has 2 rings (SSSR count). The van der Waals surface area contributed by atoms with Gasteiger partial charge in [0.05, 0.1) is 0 Å². The summed E-state index contributed by atoms with van der Waals surface area (Å²) in [5.74, 6) is -0.190. The third kappa shape index (κ3) is 3.65. The summed E-state index contributed by atoms with van der Waals surface area (Å²) in [5, 5.41) is 3.38. The summed E-state index contributed by atoms with van der Waals surface area (Å²) in [4.78, 5) is 0. The number of halogens is 2. The van der Waals surface area contributed by atoms with E-state index in [9.17, 15) is 4.39 Å². The third-order valence-corrected chi connectivity index (χ3v) is 3.34.